The molecule has 1 aliphatic heterocycles. The zero-order chi connectivity index (χ0) is 21.2. The van der Waals surface area contributed by atoms with Gasteiger partial charge in [-0.3, -0.25) is 4.79 Å². The number of halogens is 4. The van der Waals surface area contributed by atoms with E-state index in [0.29, 0.717) is 12.2 Å². The van der Waals surface area contributed by atoms with E-state index in [1.54, 1.807) is 25.1 Å². The minimum atomic E-state index is -4.53. The molecular formula is C19H14ClF3N2O3S. The Hall–Kier alpha value is -2.65. The Kier molecular flexibility index (Phi) is 6.09. The molecule has 0 radical (unpaired) electrons. The second-order valence-corrected chi connectivity index (χ2v) is 7.24. The first kappa shape index (κ1) is 21.1. The molecule has 10 heteroatoms. The Bertz CT molecular complexity index is 1020. The number of hydrogen-bond donors (Lipinski definition) is 2. The van der Waals surface area contributed by atoms with Crippen LogP contribution in [0.25, 0.3) is 6.08 Å². The molecule has 0 aliphatic carbocycles. The Morgan fingerprint density at radius 1 is 1.28 bits per heavy atom. The Balaban J connectivity index is 1.87. The van der Waals surface area contributed by atoms with Crippen molar-refractivity contribution < 1.29 is 27.8 Å². The minimum Gasteiger partial charge on any atom is -0.504 e. The molecule has 1 amide bonds. The van der Waals surface area contributed by atoms with E-state index in [9.17, 15) is 23.1 Å². The van der Waals surface area contributed by atoms with E-state index in [-0.39, 0.29) is 32.3 Å². The molecule has 2 aromatic rings. The van der Waals surface area contributed by atoms with E-state index in [4.69, 9.17) is 16.3 Å². The molecular weight excluding hydrogens is 429 g/mol. The minimum absolute atomic E-state index is 0.0256. The molecule has 2 aromatic carbocycles. The molecule has 1 saturated heterocycles. The SMILES string of the molecule is CCOc1cc(C=C2SC(=Nc3cc(C(F)(F)F)ccc3Cl)NC2=O)ccc1O. The van der Waals surface area contributed by atoms with Gasteiger partial charge in [0.1, 0.15) is 0 Å². The van der Waals surface area contributed by atoms with Crippen molar-refractivity contribution in [1.29, 1.82) is 0 Å². The third-order valence-electron chi connectivity index (χ3n) is 3.73. The quantitative estimate of drug-likeness (QED) is 0.626. The molecule has 0 aromatic heterocycles. The Morgan fingerprint density at radius 3 is 2.72 bits per heavy atom. The fraction of sp³-hybridized carbons (Fsp3) is 0.158. The van der Waals surface area contributed by atoms with Gasteiger partial charge in [0.05, 0.1) is 27.8 Å². The number of carbonyl (C=O) groups is 1. The van der Waals surface area contributed by atoms with Gasteiger partial charge in [-0.2, -0.15) is 13.2 Å². The molecule has 3 rings (SSSR count). The third-order valence-corrected chi connectivity index (χ3v) is 4.96. The smallest absolute Gasteiger partial charge is 0.416 e. The van der Waals surface area contributed by atoms with Gasteiger partial charge >= 0.3 is 6.18 Å². The molecule has 0 atom stereocenters. The highest BCUT2D eigenvalue weighted by Crippen LogP contribution is 2.37. The highest BCUT2D eigenvalue weighted by molar-refractivity contribution is 8.18. The summed E-state index contributed by atoms with van der Waals surface area (Å²) in [7, 11) is 0. The molecule has 0 spiro atoms. The summed E-state index contributed by atoms with van der Waals surface area (Å²) in [6, 6.07) is 7.38. The van der Waals surface area contributed by atoms with Gasteiger partial charge in [-0.25, -0.2) is 4.99 Å². The van der Waals surface area contributed by atoms with Gasteiger partial charge in [0.2, 0.25) is 0 Å². The van der Waals surface area contributed by atoms with Gasteiger partial charge < -0.3 is 15.2 Å². The van der Waals surface area contributed by atoms with Crippen molar-refractivity contribution in [1.82, 2.24) is 5.32 Å². The lowest BCUT2D eigenvalue weighted by Gasteiger charge is -2.08. The number of benzene rings is 2. The molecule has 5 nitrogen and oxygen atoms in total. The first-order valence-electron chi connectivity index (χ1n) is 8.29. The van der Waals surface area contributed by atoms with Crippen LogP contribution in [0, 0.1) is 0 Å². The molecule has 1 fully saturated rings. The highest BCUT2D eigenvalue weighted by Gasteiger charge is 2.31. The lowest BCUT2D eigenvalue weighted by molar-refractivity contribution is -0.137. The molecule has 2 N–H and O–H groups in total. The highest BCUT2D eigenvalue weighted by atomic mass is 35.5. The maximum absolute atomic E-state index is 12.9. The summed E-state index contributed by atoms with van der Waals surface area (Å²) in [4.78, 5) is 16.5. The van der Waals surface area contributed by atoms with Crippen LogP contribution >= 0.6 is 23.4 Å². The van der Waals surface area contributed by atoms with E-state index < -0.39 is 17.6 Å². The van der Waals surface area contributed by atoms with Crippen LogP contribution < -0.4 is 10.1 Å². The van der Waals surface area contributed by atoms with Crippen LogP contribution in [-0.4, -0.2) is 22.8 Å². The number of amides is 1. The van der Waals surface area contributed by atoms with Crippen molar-refractivity contribution in [3.63, 3.8) is 0 Å². The fourth-order valence-corrected chi connectivity index (χ4v) is 3.40. The number of phenolic OH excluding ortho intramolecular Hbond substituents is 1. The van der Waals surface area contributed by atoms with Crippen LogP contribution in [0.1, 0.15) is 18.1 Å². The Morgan fingerprint density at radius 2 is 2.03 bits per heavy atom. The van der Waals surface area contributed by atoms with E-state index in [1.165, 1.54) is 6.07 Å². The predicted octanol–water partition coefficient (Wildman–Crippen LogP) is 5.35. The number of nitrogens with one attached hydrogen (secondary N) is 1. The van der Waals surface area contributed by atoms with Crippen LogP contribution in [0.4, 0.5) is 18.9 Å². The van der Waals surface area contributed by atoms with Crippen molar-refractivity contribution in [2.45, 2.75) is 13.1 Å². The summed E-state index contributed by atoms with van der Waals surface area (Å²) in [5, 5.41) is 12.4. The van der Waals surface area contributed by atoms with E-state index in [2.05, 4.69) is 10.3 Å². The number of hydrogen-bond acceptors (Lipinski definition) is 5. The number of ether oxygens (including phenoxy) is 1. The van der Waals surface area contributed by atoms with Crippen LogP contribution in [0.2, 0.25) is 5.02 Å². The standard InChI is InChI=1S/C19H14ClF3N2O3S/c1-2-28-15-7-10(3-6-14(15)26)8-16-17(27)25-18(29-16)24-13-9-11(19(21,22)23)4-5-12(13)20/h3-9,26H,2H2,1H3,(H,24,25,27). The van der Waals surface area contributed by atoms with Crippen LogP contribution in [-0.2, 0) is 11.0 Å². The van der Waals surface area contributed by atoms with Gasteiger partial charge in [0.15, 0.2) is 16.7 Å². The van der Waals surface area contributed by atoms with Crippen LogP contribution in [0.5, 0.6) is 11.5 Å². The van der Waals surface area contributed by atoms with Gasteiger partial charge in [0, 0.05) is 0 Å². The zero-order valence-electron chi connectivity index (χ0n) is 14.9. The molecule has 0 unspecified atom stereocenters. The number of thioether (sulfide) groups is 1. The maximum atomic E-state index is 12.9. The summed E-state index contributed by atoms with van der Waals surface area (Å²) < 4.78 is 44.0. The monoisotopic (exact) mass is 442 g/mol. The summed E-state index contributed by atoms with van der Waals surface area (Å²) in [5.74, 6) is -0.211. The number of amidine groups is 1. The number of carbonyl (C=O) groups excluding carboxylic acids is 1. The second-order valence-electron chi connectivity index (χ2n) is 5.81. The number of aliphatic imine (C=N–C) groups is 1. The topological polar surface area (TPSA) is 70.9 Å². The normalized spacial score (nSPS) is 17.1. The zero-order valence-corrected chi connectivity index (χ0v) is 16.5. The number of rotatable bonds is 4. The average molecular weight is 443 g/mol. The average Bonchev–Trinajstić information content (AvgIpc) is 2.98. The van der Waals surface area contributed by atoms with Crippen LogP contribution in [0.15, 0.2) is 46.3 Å². The maximum Gasteiger partial charge on any atom is 0.416 e. The van der Waals surface area contributed by atoms with Gasteiger partial charge in [-0.05, 0) is 60.7 Å². The third kappa shape index (κ3) is 5.04. The lowest BCUT2D eigenvalue weighted by atomic mass is 10.2. The number of aromatic hydroxyl groups is 1. The summed E-state index contributed by atoms with van der Waals surface area (Å²) in [5.41, 5.74) is -0.394. The molecule has 29 heavy (non-hydrogen) atoms. The van der Waals surface area contributed by atoms with E-state index in [1.807, 2.05) is 0 Å². The van der Waals surface area contributed by atoms with Gasteiger partial charge in [-0.15, -0.1) is 0 Å². The number of phenols is 1. The van der Waals surface area contributed by atoms with Crippen molar-refractivity contribution in [2.24, 2.45) is 4.99 Å². The summed E-state index contributed by atoms with van der Waals surface area (Å²) >= 11 is 6.90. The largest absolute Gasteiger partial charge is 0.504 e. The molecule has 1 aliphatic rings. The molecule has 0 saturated carbocycles. The van der Waals surface area contributed by atoms with Crippen molar-refractivity contribution >= 4 is 46.2 Å². The van der Waals surface area contributed by atoms with E-state index >= 15 is 0 Å². The lowest BCUT2D eigenvalue weighted by Crippen LogP contribution is -2.19. The fourth-order valence-electron chi connectivity index (χ4n) is 2.41. The van der Waals surface area contributed by atoms with Crippen LogP contribution in [0.3, 0.4) is 0 Å². The molecule has 152 valence electrons. The van der Waals surface area contributed by atoms with Gasteiger partial charge in [0.25, 0.3) is 5.91 Å². The predicted molar refractivity (Wildman–Crippen MR) is 107 cm³/mol. The molecule has 1 heterocycles. The Labute approximate surface area is 173 Å². The summed E-state index contributed by atoms with van der Waals surface area (Å²) in [6.07, 6.45) is -2.98. The van der Waals surface area contributed by atoms with Gasteiger partial charge in [-0.1, -0.05) is 17.7 Å². The van der Waals surface area contributed by atoms with Crippen molar-refractivity contribution in [3.05, 3.63) is 57.5 Å². The second kappa shape index (κ2) is 8.38. The van der Waals surface area contributed by atoms with Crippen molar-refractivity contribution in [2.75, 3.05) is 6.61 Å². The first-order chi connectivity index (χ1) is 13.7. The summed E-state index contributed by atoms with van der Waals surface area (Å²) in [6.45, 7) is 2.13. The van der Waals surface area contributed by atoms with Crippen molar-refractivity contribution in [3.8, 4) is 11.5 Å². The first-order valence-corrected chi connectivity index (χ1v) is 9.49. The number of nitrogens with zero attached hydrogens (tertiary/aromatic N) is 1. The molecule has 0 bridgehead atoms. The van der Waals surface area contributed by atoms with E-state index in [0.717, 1.165) is 30.0 Å². The number of alkyl halides is 3.